The lowest BCUT2D eigenvalue weighted by molar-refractivity contribution is 0.0950. The second kappa shape index (κ2) is 8.63. The monoisotopic (exact) mass is 438 g/mol. The lowest BCUT2D eigenvalue weighted by Gasteiger charge is -2.07. The SMILES string of the molecule is COc1cccc(-c2c(C(=O)N/N=C/c3cccc(Cl)c3)nnn2-c2nonc2N)c1. The van der Waals surface area contributed by atoms with Crippen LogP contribution >= 0.6 is 11.6 Å². The minimum Gasteiger partial charge on any atom is -0.497 e. The summed E-state index contributed by atoms with van der Waals surface area (Å²) in [6.07, 6.45) is 1.46. The number of carbonyl (C=O) groups is 1. The van der Waals surface area contributed by atoms with Gasteiger partial charge in [0, 0.05) is 10.6 Å². The van der Waals surface area contributed by atoms with Gasteiger partial charge in [0.25, 0.3) is 5.91 Å². The molecule has 2 heterocycles. The van der Waals surface area contributed by atoms with E-state index in [-0.39, 0.29) is 17.3 Å². The number of hydrogen-bond donors (Lipinski definition) is 2. The molecule has 2 aromatic heterocycles. The highest BCUT2D eigenvalue weighted by Gasteiger charge is 2.25. The summed E-state index contributed by atoms with van der Waals surface area (Å²) in [5, 5.41) is 19.8. The molecule has 1 amide bonds. The first-order valence-electron chi connectivity index (χ1n) is 8.84. The standard InChI is InChI=1S/C19H15ClN8O3/c1-30-14-7-3-5-12(9-14)16-15(23-27-28(16)18-17(21)25-31-26-18)19(29)24-22-10-11-4-2-6-13(20)8-11/h2-10H,1H3,(H2,21,25)(H,24,29)/b22-10+. The molecule has 4 aromatic rings. The summed E-state index contributed by atoms with van der Waals surface area (Å²) >= 11 is 5.95. The number of nitrogens with one attached hydrogen (secondary N) is 1. The number of nitrogen functional groups attached to an aromatic ring is 1. The normalized spacial score (nSPS) is 11.0. The number of amides is 1. The molecule has 0 saturated carbocycles. The molecule has 0 fully saturated rings. The Balaban J connectivity index is 1.71. The highest BCUT2D eigenvalue weighted by molar-refractivity contribution is 6.30. The maximum Gasteiger partial charge on any atom is 0.294 e. The van der Waals surface area contributed by atoms with Gasteiger partial charge in [0.05, 0.1) is 13.3 Å². The highest BCUT2D eigenvalue weighted by Crippen LogP contribution is 2.28. The topological polar surface area (TPSA) is 146 Å². The number of hydrazone groups is 1. The molecule has 0 saturated heterocycles. The molecule has 0 aliphatic rings. The van der Waals surface area contributed by atoms with E-state index in [4.69, 9.17) is 22.1 Å². The zero-order valence-electron chi connectivity index (χ0n) is 16.1. The van der Waals surface area contributed by atoms with Crippen LogP contribution in [-0.4, -0.2) is 44.5 Å². The molecule has 11 nitrogen and oxygen atoms in total. The Morgan fingerprint density at radius 1 is 1.26 bits per heavy atom. The Morgan fingerprint density at radius 3 is 2.84 bits per heavy atom. The largest absolute Gasteiger partial charge is 0.497 e. The Hall–Kier alpha value is -4.25. The van der Waals surface area contributed by atoms with Gasteiger partial charge in [-0.05, 0) is 40.1 Å². The first-order valence-corrected chi connectivity index (χ1v) is 9.22. The van der Waals surface area contributed by atoms with Crippen molar-refractivity contribution in [2.45, 2.75) is 0 Å². The maximum absolute atomic E-state index is 12.8. The van der Waals surface area contributed by atoms with Gasteiger partial charge in [0.15, 0.2) is 5.69 Å². The second-order valence-electron chi connectivity index (χ2n) is 6.16. The minimum atomic E-state index is -0.600. The van der Waals surface area contributed by atoms with E-state index in [1.165, 1.54) is 18.0 Å². The van der Waals surface area contributed by atoms with Crippen LogP contribution in [-0.2, 0) is 0 Å². The number of anilines is 1. The van der Waals surface area contributed by atoms with Crippen molar-refractivity contribution < 1.29 is 14.2 Å². The molecule has 12 heteroatoms. The average Bonchev–Trinajstić information content (AvgIpc) is 3.39. The number of rotatable bonds is 6. The number of carbonyl (C=O) groups excluding carboxylic acids is 1. The van der Waals surface area contributed by atoms with E-state index in [2.05, 4.69) is 35.8 Å². The molecule has 0 aliphatic heterocycles. The fourth-order valence-corrected chi connectivity index (χ4v) is 2.95. The van der Waals surface area contributed by atoms with Crippen LogP contribution in [0.1, 0.15) is 16.1 Å². The molecule has 31 heavy (non-hydrogen) atoms. The summed E-state index contributed by atoms with van der Waals surface area (Å²) in [4.78, 5) is 12.8. The fourth-order valence-electron chi connectivity index (χ4n) is 2.76. The lowest BCUT2D eigenvalue weighted by Crippen LogP contribution is -2.19. The Bertz CT molecular complexity index is 1270. The number of nitrogens with zero attached hydrogens (tertiary/aromatic N) is 6. The van der Waals surface area contributed by atoms with Gasteiger partial charge in [-0.3, -0.25) is 4.79 Å². The smallest absolute Gasteiger partial charge is 0.294 e. The van der Waals surface area contributed by atoms with Crippen LogP contribution in [0.3, 0.4) is 0 Å². The number of methoxy groups -OCH3 is 1. The minimum absolute atomic E-state index is 0.0139. The number of nitrogens with two attached hydrogens (primary N) is 1. The number of halogens is 1. The Labute approximate surface area is 180 Å². The second-order valence-corrected chi connectivity index (χ2v) is 6.59. The molecule has 0 spiro atoms. The third kappa shape index (κ3) is 4.21. The zero-order valence-corrected chi connectivity index (χ0v) is 16.8. The quantitative estimate of drug-likeness (QED) is 0.344. The molecule has 156 valence electrons. The van der Waals surface area contributed by atoms with Crippen LogP contribution in [0.25, 0.3) is 17.1 Å². The fraction of sp³-hybridized carbons (Fsp3) is 0.0526. The van der Waals surface area contributed by atoms with E-state index < -0.39 is 5.91 Å². The van der Waals surface area contributed by atoms with Crippen molar-refractivity contribution in [2.24, 2.45) is 5.10 Å². The van der Waals surface area contributed by atoms with E-state index in [9.17, 15) is 4.79 Å². The number of ether oxygens (including phenoxy) is 1. The van der Waals surface area contributed by atoms with Gasteiger partial charge in [-0.1, -0.05) is 41.1 Å². The molecule has 0 aliphatic carbocycles. The molecule has 0 unspecified atom stereocenters. The van der Waals surface area contributed by atoms with Gasteiger partial charge in [-0.15, -0.1) is 5.10 Å². The summed E-state index contributed by atoms with van der Waals surface area (Å²) < 4.78 is 11.2. The molecule has 3 N–H and O–H groups in total. The van der Waals surface area contributed by atoms with Crippen molar-refractivity contribution in [3.63, 3.8) is 0 Å². The molecule has 0 bridgehead atoms. The van der Waals surface area contributed by atoms with E-state index in [0.717, 1.165) is 0 Å². The van der Waals surface area contributed by atoms with Crippen LogP contribution in [0.4, 0.5) is 5.82 Å². The summed E-state index contributed by atoms with van der Waals surface area (Å²) in [6.45, 7) is 0. The summed E-state index contributed by atoms with van der Waals surface area (Å²) in [5.74, 6) is 0.0472. The van der Waals surface area contributed by atoms with Crippen LogP contribution in [0.2, 0.25) is 5.02 Å². The van der Waals surface area contributed by atoms with E-state index in [0.29, 0.717) is 27.6 Å². The number of hydrogen-bond acceptors (Lipinski definition) is 9. The highest BCUT2D eigenvalue weighted by atomic mass is 35.5. The summed E-state index contributed by atoms with van der Waals surface area (Å²) in [7, 11) is 1.53. The van der Waals surface area contributed by atoms with E-state index in [1.54, 1.807) is 48.5 Å². The first kappa shape index (κ1) is 20.0. The van der Waals surface area contributed by atoms with Crippen molar-refractivity contribution in [1.82, 2.24) is 30.7 Å². The van der Waals surface area contributed by atoms with E-state index >= 15 is 0 Å². The molecule has 0 atom stereocenters. The van der Waals surface area contributed by atoms with Crippen LogP contribution < -0.4 is 15.9 Å². The molecule has 4 rings (SSSR count). The van der Waals surface area contributed by atoms with Gasteiger partial charge in [-0.2, -0.15) is 9.78 Å². The van der Waals surface area contributed by atoms with Gasteiger partial charge in [-0.25, -0.2) is 10.1 Å². The van der Waals surface area contributed by atoms with Crippen LogP contribution in [0.15, 0.2) is 58.3 Å². The van der Waals surface area contributed by atoms with Gasteiger partial charge in [0.2, 0.25) is 11.6 Å². The molecular weight excluding hydrogens is 424 g/mol. The summed E-state index contributed by atoms with van der Waals surface area (Å²) in [5.41, 5.74) is 9.81. The molecule has 0 radical (unpaired) electrons. The Kier molecular flexibility index (Phi) is 5.58. The lowest BCUT2D eigenvalue weighted by atomic mass is 10.1. The first-order chi connectivity index (χ1) is 15.1. The van der Waals surface area contributed by atoms with E-state index in [1.807, 2.05) is 0 Å². The molecular formula is C19H15ClN8O3. The molecule has 2 aromatic carbocycles. The number of benzene rings is 2. The van der Waals surface area contributed by atoms with Crippen molar-refractivity contribution in [3.05, 3.63) is 64.8 Å². The van der Waals surface area contributed by atoms with Gasteiger partial charge in [0.1, 0.15) is 11.4 Å². The van der Waals surface area contributed by atoms with Gasteiger partial charge < -0.3 is 10.5 Å². The Morgan fingerprint density at radius 2 is 2.10 bits per heavy atom. The van der Waals surface area contributed by atoms with Crippen molar-refractivity contribution in [3.8, 4) is 22.8 Å². The zero-order chi connectivity index (χ0) is 21.8. The number of aromatic nitrogens is 5. The summed E-state index contributed by atoms with van der Waals surface area (Å²) in [6, 6.07) is 14.0. The maximum atomic E-state index is 12.8. The predicted molar refractivity (Wildman–Crippen MR) is 112 cm³/mol. The van der Waals surface area contributed by atoms with Crippen LogP contribution in [0.5, 0.6) is 5.75 Å². The van der Waals surface area contributed by atoms with Crippen LogP contribution in [0, 0.1) is 0 Å². The third-order valence-electron chi connectivity index (χ3n) is 4.15. The average molecular weight is 439 g/mol. The third-order valence-corrected chi connectivity index (χ3v) is 4.39. The predicted octanol–water partition coefficient (Wildman–Crippen LogP) is 2.33. The van der Waals surface area contributed by atoms with Gasteiger partial charge >= 0.3 is 0 Å². The van der Waals surface area contributed by atoms with Crippen molar-refractivity contribution in [2.75, 3.05) is 12.8 Å². The van der Waals surface area contributed by atoms with Crippen molar-refractivity contribution >= 4 is 29.5 Å². The van der Waals surface area contributed by atoms with Crippen molar-refractivity contribution in [1.29, 1.82) is 0 Å².